The van der Waals surface area contributed by atoms with Gasteiger partial charge >= 0.3 is 0 Å². The van der Waals surface area contributed by atoms with Gasteiger partial charge in [-0.05, 0) is 24.8 Å². The van der Waals surface area contributed by atoms with Gasteiger partial charge in [0, 0.05) is 45.2 Å². The van der Waals surface area contributed by atoms with Gasteiger partial charge in [0.05, 0.1) is 19.0 Å². The Balaban J connectivity index is 1.30. The molecular formula is C20H26N8O. The Hall–Kier alpha value is -2.81. The molecule has 9 nitrogen and oxygen atoms in total. The van der Waals surface area contributed by atoms with Gasteiger partial charge in [-0.2, -0.15) is 0 Å². The van der Waals surface area contributed by atoms with E-state index in [-0.39, 0.29) is 6.10 Å². The fraction of sp³-hybridized carbons (Fsp3) is 0.550. The van der Waals surface area contributed by atoms with Crippen LogP contribution >= 0.6 is 0 Å². The maximum absolute atomic E-state index is 5.77. The summed E-state index contributed by atoms with van der Waals surface area (Å²) in [6, 6.07) is 0. The number of imidazole rings is 1. The molecule has 2 aliphatic heterocycles. The van der Waals surface area contributed by atoms with E-state index >= 15 is 0 Å². The highest BCUT2D eigenvalue weighted by Gasteiger charge is 2.24. The quantitative estimate of drug-likeness (QED) is 0.646. The number of nitrogens with zero attached hydrogens (tertiary/aromatic N) is 8. The second kappa shape index (κ2) is 7.90. The van der Waals surface area contributed by atoms with E-state index in [9.17, 15) is 0 Å². The number of fused-ring (bicyclic) bond motifs is 1. The predicted molar refractivity (Wildman–Crippen MR) is 110 cm³/mol. The molecule has 0 amide bonds. The maximum atomic E-state index is 5.77. The molecule has 0 saturated carbocycles. The van der Waals surface area contributed by atoms with Crippen LogP contribution in [0.25, 0.3) is 11.2 Å². The number of rotatable bonds is 5. The normalized spacial score (nSPS) is 20.0. The van der Waals surface area contributed by atoms with Crippen molar-refractivity contribution in [3.8, 4) is 0 Å². The van der Waals surface area contributed by atoms with Crippen LogP contribution in [-0.4, -0.2) is 68.4 Å². The first-order valence-corrected chi connectivity index (χ1v) is 10.4. The van der Waals surface area contributed by atoms with Gasteiger partial charge in [-0.25, -0.2) is 24.9 Å². The Labute approximate surface area is 169 Å². The molecule has 0 aromatic carbocycles. The van der Waals surface area contributed by atoms with Crippen molar-refractivity contribution in [1.29, 1.82) is 0 Å². The van der Waals surface area contributed by atoms with Crippen molar-refractivity contribution in [3.05, 3.63) is 30.6 Å². The lowest BCUT2D eigenvalue weighted by atomic mass is 10.2. The SMILES string of the molecule is CCc1cnc(N2CCN(c3ncnc4c3ncn4CC3CCCO3)CC2)nc1. The molecular weight excluding hydrogens is 368 g/mol. The van der Waals surface area contributed by atoms with Crippen LogP contribution in [-0.2, 0) is 17.7 Å². The molecule has 2 aliphatic rings. The molecule has 2 saturated heterocycles. The van der Waals surface area contributed by atoms with E-state index < -0.39 is 0 Å². The van der Waals surface area contributed by atoms with Crippen molar-refractivity contribution in [3.63, 3.8) is 0 Å². The van der Waals surface area contributed by atoms with Gasteiger partial charge in [-0.15, -0.1) is 0 Å². The molecule has 0 bridgehead atoms. The molecule has 152 valence electrons. The Morgan fingerprint density at radius 2 is 1.79 bits per heavy atom. The van der Waals surface area contributed by atoms with Crippen LogP contribution in [0.3, 0.4) is 0 Å². The first kappa shape index (κ1) is 18.2. The molecule has 5 rings (SSSR count). The predicted octanol–water partition coefficient (Wildman–Crippen LogP) is 1.68. The van der Waals surface area contributed by atoms with E-state index in [4.69, 9.17) is 4.74 Å². The van der Waals surface area contributed by atoms with Gasteiger partial charge in [0.15, 0.2) is 17.0 Å². The molecule has 1 unspecified atom stereocenters. The molecule has 0 spiro atoms. The van der Waals surface area contributed by atoms with Crippen molar-refractivity contribution in [2.75, 3.05) is 42.6 Å². The Bertz CT molecular complexity index is 958. The third kappa shape index (κ3) is 3.62. The van der Waals surface area contributed by atoms with E-state index in [2.05, 4.69) is 46.2 Å². The highest BCUT2D eigenvalue weighted by atomic mass is 16.5. The molecule has 2 fully saturated rings. The summed E-state index contributed by atoms with van der Waals surface area (Å²) in [5.41, 5.74) is 2.91. The first-order chi connectivity index (χ1) is 14.3. The van der Waals surface area contributed by atoms with Crippen LogP contribution in [0, 0.1) is 0 Å². The van der Waals surface area contributed by atoms with Crippen LogP contribution in [0.4, 0.5) is 11.8 Å². The topological polar surface area (TPSA) is 85.1 Å². The van der Waals surface area contributed by atoms with Crippen molar-refractivity contribution >= 4 is 22.9 Å². The summed E-state index contributed by atoms with van der Waals surface area (Å²) < 4.78 is 7.86. The molecule has 3 aromatic rings. The van der Waals surface area contributed by atoms with Crippen LogP contribution in [0.2, 0.25) is 0 Å². The Kier molecular flexibility index (Phi) is 4.97. The summed E-state index contributed by atoms with van der Waals surface area (Å²) in [5, 5.41) is 0. The second-order valence-corrected chi connectivity index (χ2v) is 7.62. The molecule has 5 heterocycles. The molecule has 0 aliphatic carbocycles. The van der Waals surface area contributed by atoms with Gasteiger partial charge in [0.2, 0.25) is 5.95 Å². The smallest absolute Gasteiger partial charge is 0.225 e. The molecule has 9 heteroatoms. The van der Waals surface area contributed by atoms with Crippen LogP contribution in [0.5, 0.6) is 0 Å². The van der Waals surface area contributed by atoms with E-state index in [1.807, 2.05) is 18.7 Å². The zero-order valence-corrected chi connectivity index (χ0v) is 16.7. The van der Waals surface area contributed by atoms with Crippen molar-refractivity contribution in [1.82, 2.24) is 29.5 Å². The van der Waals surface area contributed by atoms with Crippen LogP contribution < -0.4 is 9.80 Å². The first-order valence-electron chi connectivity index (χ1n) is 10.4. The number of anilines is 2. The van der Waals surface area contributed by atoms with Crippen molar-refractivity contribution < 1.29 is 4.74 Å². The summed E-state index contributed by atoms with van der Waals surface area (Å²) in [7, 11) is 0. The van der Waals surface area contributed by atoms with E-state index in [1.54, 1.807) is 6.33 Å². The average Bonchev–Trinajstić information content (AvgIpc) is 3.44. The minimum absolute atomic E-state index is 0.258. The fourth-order valence-electron chi connectivity index (χ4n) is 4.05. The number of piperazine rings is 1. The van der Waals surface area contributed by atoms with Crippen LogP contribution in [0.1, 0.15) is 25.3 Å². The van der Waals surface area contributed by atoms with E-state index in [1.165, 1.54) is 0 Å². The number of hydrogen-bond donors (Lipinski definition) is 0. The fourth-order valence-corrected chi connectivity index (χ4v) is 4.05. The highest BCUT2D eigenvalue weighted by Crippen LogP contribution is 2.24. The zero-order valence-electron chi connectivity index (χ0n) is 16.7. The molecule has 29 heavy (non-hydrogen) atoms. The average molecular weight is 394 g/mol. The monoisotopic (exact) mass is 394 g/mol. The van der Waals surface area contributed by atoms with Gasteiger partial charge in [-0.1, -0.05) is 6.92 Å². The minimum atomic E-state index is 0.258. The molecule has 3 aromatic heterocycles. The van der Waals surface area contributed by atoms with Gasteiger partial charge in [0.25, 0.3) is 0 Å². The van der Waals surface area contributed by atoms with Gasteiger partial charge < -0.3 is 19.1 Å². The minimum Gasteiger partial charge on any atom is -0.376 e. The summed E-state index contributed by atoms with van der Waals surface area (Å²) in [6.07, 6.45) is 10.8. The maximum Gasteiger partial charge on any atom is 0.225 e. The summed E-state index contributed by atoms with van der Waals surface area (Å²) >= 11 is 0. The highest BCUT2D eigenvalue weighted by molar-refractivity contribution is 5.83. The number of ether oxygens (including phenoxy) is 1. The lowest BCUT2D eigenvalue weighted by Crippen LogP contribution is -2.47. The van der Waals surface area contributed by atoms with E-state index in [0.29, 0.717) is 0 Å². The van der Waals surface area contributed by atoms with Gasteiger partial charge in [0.1, 0.15) is 6.33 Å². The molecule has 0 radical (unpaired) electrons. The lowest BCUT2D eigenvalue weighted by molar-refractivity contribution is 0.0978. The summed E-state index contributed by atoms with van der Waals surface area (Å²) in [4.78, 5) is 27.2. The van der Waals surface area contributed by atoms with Gasteiger partial charge in [-0.3, -0.25) is 0 Å². The standard InChI is InChI=1S/C20H26N8O/c1-2-15-10-21-20(22-11-15)27-7-5-26(6-8-27)18-17-19(24-13-23-18)28(14-25-17)12-16-4-3-9-29-16/h10-11,13-14,16H,2-9,12H2,1H3. The molecule has 0 N–H and O–H groups in total. The van der Waals surface area contributed by atoms with Crippen molar-refractivity contribution in [2.24, 2.45) is 0 Å². The zero-order chi connectivity index (χ0) is 19.6. The van der Waals surface area contributed by atoms with Crippen LogP contribution in [0.15, 0.2) is 25.0 Å². The third-order valence-electron chi connectivity index (χ3n) is 5.77. The van der Waals surface area contributed by atoms with Crippen molar-refractivity contribution in [2.45, 2.75) is 38.8 Å². The van der Waals surface area contributed by atoms with E-state index in [0.717, 1.165) is 87.1 Å². The largest absolute Gasteiger partial charge is 0.376 e. The number of aryl methyl sites for hydroxylation is 1. The Morgan fingerprint density at radius 1 is 1.00 bits per heavy atom. The number of aromatic nitrogens is 6. The third-order valence-corrected chi connectivity index (χ3v) is 5.77. The summed E-state index contributed by atoms with van der Waals surface area (Å²) in [5.74, 6) is 1.71. The summed E-state index contributed by atoms with van der Waals surface area (Å²) in [6.45, 7) is 7.18. The second-order valence-electron chi connectivity index (χ2n) is 7.62. The lowest BCUT2D eigenvalue weighted by Gasteiger charge is -2.35. The Morgan fingerprint density at radius 3 is 2.52 bits per heavy atom. The molecule has 1 atom stereocenters. The number of hydrogen-bond acceptors (Lipinski definition) is 8.